The Labute approximate surface area is 149 Å². The summed E-state index contributed by atoms with van der Waals surface area (Å²) in [4.78, 5) is 24.5. The van der Waals surface area contributed by atoms with E-state index in [2.05, 4.69) is 10.2 Å². The van der Waals surface area contributed by atoms with Gasteiger partial charge in [0.1, 0.15) is 12.3 Å². The van der Waals surface area contributed by atoms with E-state index in [9.17, 15) is 9.59 Å². The number of ether oxygens (including phenoxy) is 2. The van der Waals surface area contributed by atoms with E-state index >= 15 is 0 Å². The lowest BCUT2D eigenvalue weighted by molar-refractivity contribution is -0.143. The maximum atomic E-state index is 12.8. The predicted molar refractivity (Wildman–Crippen MR) is 95.3 cm³/mol. The molecule has 3 aromatic rings. The molecule has 8 heteroatoms. The van der Waals surface area contributed by atoms with Gasteiger partial charge < -0.3 is 9.47 Å². The molecule has 2 heterocycles. The Morgan fingerprint density at radius 2 is 1.92 bits per heavy atom. The van der Waals surface area contributed by atoms with Gasteiger partial charge in [0.25, 0.3) is 5.56 Å². The highest BCUT2D eigenvalue weighted by Crippen LogP contribution is 2.15. The SMILES string of the molecule is CCOC(=O)Cn1nc(C)c2c(=O)n(Cc3ccc(OC)cc3)ncc21. The fourth-order valence-electron chi connectivity index (χ4n) is 2.77. The number of rotatable bonds is 6. The van der Waals surface area contributed by atoms with Crippen LogP contribution < -0.4 is 10.3 Å². The molecule has 26 heavy (non-hydrogen) atoms. The van der Waals surface area contributed by atoms with E-state index in [4.69, 9.17) is 9.47 Å². The summed E-state index contributed by atoms with van der Waals surface area (Å²) in [7, 11) is 1.60. The minimum absolute atomic E-state index is 0.0538. The van der Waals surface area contributed by atoms with Gasteiger partial charge in [0.05, 0.1) is 43.1 Å². The normalized spacial score (nSPS) is 10.9. The molecular weight excluding hydrogens is 336 g/mol. The smallest absolute Gasteiger partial charge is 0.327 e. The monoisotopic (exact) mass is 356 g/mol. The van der Waals surface area contributed by atoms with Crippen molar-refractivity contribution in [1.29, 1.82) is 0 Å². The highest BCUT2D eigenvalue weighted by molar-refractivity contribution is 5.81. The third kappa shape index (κ3) is 3.44. The van der Waals surface area contributed by atoms with E-state index < -0.39 is 5.97 Å². The highest BCUT2D eigenvalue weighted by Gasteiger charge is 2.16. The second-order valence-corrected chi connectivity index (χ2v) is 5.76. The highest BCUT2D eigenvalue weighted by atomic mass is 16.5. The molecule has 1 aromatic carbocycles. The lowest BCUT2D eigenvalue weighted by Gasteiger charge is -2.07. The second kappa shape index (κ2) is 7.38. The molecule has 136 valence electrons. The average molecular weight is 356 g/mol. The van der Waals surface area contributed by atoms with Gasteiger partial charge in [0, 0.05) is 0 Å². The van der Waals surface area contributed by atoms with E-state index in [1.165, 1.54) is 9.36 Å². The van der Waals surface area contributed by atoms with Crippen molar-refractivity contribution < 1.29 is 14.3 Å². The van der Waals surface area contributed by atoms with Gasteiger partial charge in [-0.15, -0.1) is 0 Å². The fourth-order valence-corrected chi connectivity index (χ4v) is 2.77. The molecule has 0 amide bonds. The molecule has 0 unspecified atom stereocenters. The van der Waals surface area contributed by atoms with E-state index in [0.717, 1.165) is 11.3 Å². The number of carbonyl (C=O) groups excluding carboxylic acids is 1. The Balaban J connectivity index is 1.94. The van der Waals surface area contributed by atoms with Gasteiger partial charge >= 0.3 is 5.97 Å². The summed E-state index contributed by atoms with van der Waals surface area (Å²) in [6, 6.07) is 7.44. The van der Waals surface area contributed by atoms with Gasteiger partial charge in [-0.05, 0) is 31.5 Å². The van der Waals surface area contributed by atoms with Crippen molar-refractivity contribution in [3.63, 3.8) is 0 Å². The molecule has 0 bridgehead atoms. The molecule has 0 radical (unpaired) electrons. The number of hydrogen-bond acceptors (Lipinski definition) is 6. The predicted octanol–water partition coefficient (Wildman–Crippen LogP) is 1.52. The Morgan fingerprint density at radius 3 is 2.58 bits per heavy atom. The lowest BCUT2D eigenvalue weighted by atomic mass is 10.2. The first-order valence-corrected chi connectivity index (χ1v) is 8.25. The van der Waals surface area contributed by atoms with Crippen LogP contribution in [0, 0.1) is 6.92 Å². The minimum atomic E-state index is -0.403. The topological polar surface area (TPSA) is 88.2 Å². The summed E-state index contributed by atoms with van der Waals surface area (Å²) in [5.41, 5.74) is 1.76. The number of nitrogens with zero attached hydrogens (tertiary/aromatic N) is 4. The number of aromatic nitrogens is 4. The molecule has 0 saturated carbocycles. The van der Waals surface area contributed by atoms with Crippen molar-refractivity contribution in [3.8, 4) is 5.75 Å². The molecule has 8 nitrogen and oxygen atoms in total. The van der Waals surface area contributed by atoms with E-state index in [-0.39, 0.29) is 12.1 Å². The minimum Gasteiger partial charge on any atom is -0.497 e. The van der Waals surface area contributed by atoms with Crippen molar-refractivity contribution >= 4 is 16.9 Å². The first-order valence-electron chi connectivity index (χ1n) is 8.25. The Kier molecular flexibility index (Phi) is 5.01. The van der Waals surface area contributed by atoms with Crippen LogP contribution in [0.25, 0.3) is 10.9 Å². The Morgan fingerprint density at radius 1 is 1.19 bits per heavy atom. The lowest BCUT2D eigenvalue weighted by Crippen LogP contribution is -2.24. The number of esters is 1. The maximum absolute atomic E-state index is 12.8. The van der Waals surface area contributed by atoms with Gasteiger partial charge in [0.2, 0.25) is 0 Å². The number of aryl methyl sites for hydroxylation is 1. The zero-order valence-corrected chi connectivity index (χ0v) is 14.9. The van der Waals surface area contributed by atoms with Crippen molar-refractivity contribution in [2.24, 2.45) is 0 Å². The van der Waals surface area contributed by atoms with Crippen molar-refractivity contribution in [1.82, 2.24) is 19.6 Å². The van der Waals surface area contributed by atoms with Crippen LogP contribution in [0.2, 0.25) is 0 Å². The molecule has 0 fully saturated rings. The molecule has 0 spiro atoms. The molecule has 3 rings (SSSR count). The summed E-state index contributed by atoms with van der Waals surface area (Å²) in [6.45, 7) is 4.06. The molecule has 2 aromatic heterocycles. The standard InChI is InChI=1S/C18H20N4O4/c1-4-26-16(23)11-21-15-9-19-22(18(24)17(15)12(2)20-21)10-13-5-7-14(25-3)8-6-13/h5-9H,4,10-11H2,1-3H3. The average Bonchev–Trinajstić information content (AvgIpc) is 2.94. The van der Waals surface area contributed by atoms with Gasteiger partial charge in [-0.1, -0.05) is 12.1 Å². The summed E-state index contributed by atoms with van der Waals surface area (Å²) in [5.74, 6) is 0.347. The zero-order valence-electron chi connectivity index (χ0n) is 14.9. The zero-order chi connectivity index (χ0) is 18.7. The van der Waals surface area contributed by atoms with Gasteiger partial charge in [-0.25, -0.2) is 4.68 Å². The van der Waals surface area contributed by atoms with Gasteiger partial charge in [-0.3, -0.25) is 14.3 Å². The molecule has 0 saturated heterocycles. The number of benzene rings is 1. The maximum Gasteiger partial charge on any atom is 0.327 e. The largest absolute Gasteiger partial charge is 0.497 e. The van der Waals surface area contributed by atoms with E-state index in [0.29, 0.717) is 29.7 Å². The molecular formula is C18H20N4O4. The van der Waals surface area contributed by atoms with Crippen molar-refractivity contribution in [2.45, 2.75) is 26.9 Å². The van der Waals surface area contributed by atoms with E-state index in [1.54, 1.807) is 27.2 Å². The first-order chi connectivity index (χ1) is 12.5. The van der Waals surface area contributed by atoms with Crippen molar-refractivity contribution in [2.75, 3.05) is 13.7 Å². The van der Waals surface area contributed by atoms with Crippen molar-refractivity contribution in [3.05, 3.63) is 52.1 Å². The molecule has 0 aliphatic heterocycles. The van der Waals surface area contributed by atoms with Gasteiger partial charge in [-0.2, -0.15) is 10.2 Å². The third-order valence-corrected chi connectivity index (χ3v) is 4.01. The third-order valence-electron chi connectivity index (χ3n) is 4.01. The van der Waals surface area contributed by atoms with Crippen LogP contribution in [0.15, 0.2) is 35.3 Å². The number of methoxy groups -OCH3 is 1. The quantitative estimate of drug-likeness (QED) is 0.622. The molecule has 0 aliphatic rings. The first kappa shape index (κ1) is 17.7. The van der Waals surface area contributed by atoms with Crippen LogP contribution in [-0.2, 0) is 22.6 Å². The summed E-state index contributed by atoms with van der Waals surface area (Å²) in [6.07, 6.45) is 1.56. The molecule has 0 aliphatic carbocycles. The second-order valence-electron chi connectivity index (χ2n) is 5.76. The molecule has 0 N–H and O–H groups in total. The van der Waals surface area contributed by atoms with Crippen LogP contribution >= 0.6 is 0 Å². The Hall–Kier alpha value is -3.16. The number of carbonyl (C=O) groups is 1. The van der Waals surface area contributed by atoms with Crippen LogP contribution in [0.3, 0.4) is 0 Å². The van der Waals surface area contributed by atoms with Gasteiger partial charge in [0.15, 0.2) is 0 Å². The van der Waals surface area contributed by atoms with Crippen LogP contribution in [0.4, 0.5) is 0 Å². The van der Waals surface area contributed by atoms with Crippen LogP contribution in [-0.4, -0.2) is 39.2 Å². The van der Waals surface area contributed by atoms with Crippen LogP contribution in [0.1, 0.15) is 18.2 Å². The van der Waals surface area contributed by atoms with E-state index in [1.807, 2.05) is 24.3 Å². The van der Waals surface area contributed by atoms with Crippen LogP contribution in [0.5, 0.6) is 5.75 Å². The number of fused-ring (bicyclic) bond motifs is 1. The fraction of sp³-hybridized carbons (Fsp3) is 0.333. The number of hydrogen-bond donors (Lipinski definition) is 0. The molecule has 0 atom stereocenters. The summed E-state index contributed by atoms with van der Waals surface area (Å²) in [5, 5.41) is 8.98. The Bertz CT molecular complexity index is 989. The summed E-state index contributed by atoms with van der Waals surface area (Å²) < 4.78 is 12.9. The summed E-state index contributed by atoms with van der Waals surface area (Å²) >= 11 is 0.